The number of rotatable bonds is 1. The number of oxazole rings is 1. The van der Waals surface area contributed by atoms with Crippen LogP contribution < -0.4 is 5.79 Å². The van der Waals surface area contributed by atoms with Crippen LogP contribution in [0.15, 0.2) is 16.9 Å². The van der Waals surface area contributed by atoms with Gasteiger partial charge in [-0.15, -0.1) is 0 Å². The topological polar surface area (TPSA) is 26.0 Å². The van der Waals surface area contributed by atoms with Gasteiger partial charge < -0.3 is 4.42 Å². The molecule has 1 rings (SSSR count). The molecule has 3 radical (unpaired) electrons. The minimum atomic E-state index is 0.458. The maximum atomic E-state index is 5.01. The van der Waals surface area contributed by atoms with Gasteiger partial charge in [0, 0.05) is 7.74 Å². The Bertz CT molecular complexity index is 127. The van der Waals surface area contributed by atoms with E-state index in [0.29, 0.717) is 5.79 Å². The summed E-state index contributed by atoms with van der Waals surface area (Å²) >= 11 is 0. The van der Waals surface area contributed by atoms with Crippen LogP contribution in [0.1, 0.15) is 0 Å². The molecule has 7 heavy (non-hydrogen) atoms. The molecule has 0 saturated carbocycles. The highest BCUT2D eigenvalue weighted by Crippen LogP contribution is 1.70. The van der Waals surface area contributed by atoms with Crippen molar-refractivity contribution < 1.29 is 4.42 Å². The molecule has 4 heteroatoms. The first-order valence-electron chi connectivity index (χ1n) is 1.88. The van der Waals surface area contributed by atoms with Gasteiger partial charge >= 0.3 is 0 Å². The number of aromatic nitrogens is 1. The highest BCUT2D eigenvalue weighted by Gasteiger charge is 1.87. The first kappa shape index (κ1) is 4.50. The summed E-state index contributed by atoms with van der Waals surface area (Å²) in [4.78, 5) is 3.69. The minimum absolute atomic E-state index is 0.458. The zero-order valence-electron chi connectivity index (χ0n) is 3.66. The molecule has 0 aliphatic rings. The van der Waals surface area contributed by atoms with Crippen LogP contribution in [0.5, 0.6) is 0 Å². The Morgan fingerprint density at radius 3 is 3.00 bits per heavy atom. The van der Waals surface area contributed by atoms with E-state index in [9.17, 15) is 0 Å². The molecule has 0 aliphatic heterocycles. The molecule has 0 amide bonds. The molecule has 1 aromatic heterocycles. The van der Waals surface area contributed by atoms with E-state index >= 15 is 0 Å². The van der Waals surface area contributed by atoms with Gasteiger partial charge in [0.15, 0.2) is 7.17 Å². The normalized spacial score (nSPS) is 8.57. The van der Waals surface area contributed by atoms with Crippen LogP contribution in [0.25, 0.3) is 0 Å². The molecule has 0 aromatic carbocycles. The monoisotopic (exact) mass is 90.0 g/mol. The van der Waals surface area contributed by atoms with Crippen molar-refractivity contribution >= 4 is 20.7 Å². The van der Waals surface area contributed by atoms with Crippen molar-refractivity contribution in [3.63, 3.8) is 0 Å². The lowest BCUT2D eigenvalue weighted by molar-refractivity contribution is 0.595. The van der Waals surface area contributed by atoms with Crippen LogP contribution in [0, 0.1) is 0 Å². The van der Waals surface area contributed by atoms with Crippen molar-refractivity contribution in [1.82, 2.24) is 4.98 Å². The second-order valence-electron chi connectivity index (χ2n) is 1.04. The molecule has 0 saturated heterocycles. The zero-order valence-corrected chi connectivity index (χ0v) is 3.66. The van der Waals surface area contributed by atoms with Gasteiger partial charge in [-0.2, -0.15) is 0 Å². The largest absolute Gasteiger partial charge is 0.461 e. The molecule has 0 aliphatic carbocycles. The Morgan fingerprint density at radius 1 is 1.86 bits per heavy atom. The van der Waals surface area contributed by atoms with Gasteiger partial charge in [0.2, 0.25) is 0 Å². The Balaban J connectivity index is 2.76. The quantitative estimate of drug-likeness (QED) is 0.417. The van der Waals surface area contributed by atoms with Crippen LogP contribution in [0.2, 0.25) is 0 Å². The Kier molecular flexibility index (Phi) is 1.20. The van der Waals surface area contributed by atoms with Gasteiger partial charge in [0.05, 0.1) is 6.20 Å². The maximum Gasteiger partial charge on any atom is 0.172 e. The van der Waals surface area contributed by atoms with Crippen molar-refractivity contribution in [2.75, 3.05) is 0 Å². The molecule has 2 nitrogen and oxygen atoms in total. The standard InChI is InChI=1S/C3H2B2NO/c4-5-3-6-1-2-7-3/h1-2H. The second kappa shape index (κ2) is 1.87. The van der Waals surface area contributed by atoms with Gasteiger partial charge in [-0.3, -0.25) is 0 Å². The fourth-order valence-corrected chi connectivity index (χ4v) is 0.317. The summed E-state index contributed by atoms with van der Waals surface area (Å²) in [6.07, 6.45) is 3.01. The molecular formula is C3H2B2NO. The molecule has 0 bridgehead atoms. The van der Waals surface area contributed by atoms with Crippen LogP contribution in [-0.4, -0.2) is 19.9 Å². The van der Waals surface area contributed by atoms with Gasteiger partial charge in [0.1, 0.15) is 12.1 Å². The summed E-state index contributed by atoms with van der Waals surface area (Å²) in [6, 6.07) is 0. The van der Waals surface area contributed by atoms with Gasteiger partial charge in [-0.1, -0.05) is 0 Å². The van der Waals surface area contributed by atoms with E-state index in [4.69, 9.17) is 12.2 Å². The van der Waals surface area contributed by atoms with E-state index in [1.807, 2.05) is 0 Å². The Morgan fingerprint density at radius 2 is 2.71 bits per heavy atom. The van der Waals surface area contributed by atoms with E-state index in [-0.39, 0.29) is 0 Å². The zero-order chi connectivity index (χ0) is 5.11. The first-order valence-corrected chi connectivity index (χ1v) is 1.88. The number of hydrogen-bond acceptors (Lipinski definition) is 2. The van der Waals surface area contributed by atoms with E-state index in [1.54, 1.807) is 6.20 Å². The number of hydrogen-bond donors (Lipinski definition) is 0. The van der Waals surface area contributed by atoms with Crippen molar-refractivity contribution in [2.45, 2.75) is 0 Å². The molecule has 1 heterocycles. The molecular weight excluding hydrogens is 87.7 g/mol. The van der Waals surface area contributed by atoms with Crippen LogP contribution in [-0.2, 0) is 0 Å². The molecule has 0 spiro atoms. The average molecular weight is 89.7 g/mol. The van der Waals surface area contributed by atoms with E-state index < -0.39 is 0 Å². The van der Waals surface area contributed by atoms with Crippen molar-refractivity contribution in [2.24, 2.45) is 0 Å². The van der Waals surface area contributed by atoms with Crippen molar-refractivity contribution in [3.05, 3.63) is 12.5 Å². The highest BCUT2D eigenvalue weighted by atomic mass is 16.3. The SMILES string of the molecule is [B][B]c1ncco1. The first-order chi connectivity index (χ1) is 3.43. The predicted octanol–water partition coefficient (Wildman–Crippen LogP) is -0.912. The van der Waals surface area contributed by atoms with Gasteiger partial charge in [0.25, 0.3) is 0 Å². The summed E-state index contributed by atoms with van der Waals surface area (Å²) in [5.74, 6) is 0.458. The summed E-state index contributed by atoms with van der Waals surface area (Å²) in [7, 11) is 6.32. The smallest absolute Gasteiger partial charge is 0.172 e. The molecule has 0 unspecified atom stereocenters. The lowest BCUT2D eigenvalue weighted by Crippen LogP contribution is -2.13. The van der Waals surface area contributed by atoms with E-state index in [2.05, 4.69) is 4.98 Å². The third-order valence-corrected chi connectivity index (χ3v) is 0.594. The summed E-state index contributed by atoms with van der Waals surface area (Å²) in [6.45, 7) is 0. The average Bonchev–Trinajstić information content (AvgIpc) is 2.14. The van der Waals surface area contributed by atoms with E-state index in [1.165, 1.54) is 13.4 Å². The van der Waals surface area contributed by atoms with Gasteiger partial charge in [-0.25, -0.2) is 4.98 Å². The van der Waals surface area contributed by atoms with Gasteiger partial charge in [-0.05, 0) is 0 Å². The molecule has 0 N–H and O–H groups in total. The fraction of sp³-hybridized carbons (Fsp3) is 0. The summed E-state index contributed by atoms with van der Waals surface area (Å²) in [5, 5.41) is 0. The summed E-state index contributed by atoms with van der Waals surface area (Å²) in [5.41, 5.74) is 0. The van der Waals surface area contributed by atoms with E-state index in [0.717, 1.165) is 0 Å². The van der Waals surface area contributed by atoms with Crippen molar-refractivity contribution in [1.29, 1.82) is 0 Å². The lowest BCUT2D eigenvalue weighted by atomic mass is 9.56. The minimum Gasteiger partial charge on any atom is -0.461 e. The fourth-order valence-electron chi connectivity index (χ4n) is 0.317. The molecule has 1 aromatic rings. The highest BCUT2D eigenvalue weighted by molar-refractivity contribution is 6.96. The maximum absolute atomic E-state index is 5.01. The summed E-state index contributed by atoms with van der Waals surface area (Å²) < 4.78 is 4.69. The predicted molar refractivity (Wildman–Crippen MR) is 27.6 cm³/mol. The molecule has 0 fully saturated rings. The molecule has 31 valence electrons. The number of nitrogens with zero attached hydrogens (tertiary/aromatic N) is 1. The van der Waals surface area contributed by atoms with Crippen LogP contribution in [0.4, 0.5) is 0 Å². The Labute approximate surface area is 43.6 Å². The molecule has 0 atom stereocenters. The van der Waals surface area contributed by atoms with Crippen LogP contribution in [0.3, 0.4) is 0 Å². The third-order valence-electron chi connectivity index (χ3n) is 0.594. The third kappa shape index (κ3) is 0.856. The lowest BCUT2D eigenvalue weighted by Gasteiger charge is -1.76. The second-order valence-corrected chi connectivity index (χ2v) is 1.04. The Hall–Kier alpha value is -0.660. The van der Waals surface area contributed by atoms with Crippen molar-refractivity contribution in [3.8, 4) is 0 Å². The van der Waals surface area contributed by atoms with Crippen LogP contribution >= 0.6 is 0 Å².